The van der Waals surface area contributed by atoms with Gasteiger partial charge in [0.25, 0.3) is 0 Å². The standard InChI is InChI=1S/C22H26BrN7O/c1-5-13(16-11-25-18-17(26-16)19(31)28-21(24-2)30(18)4)22-8-9-29(3)20(22)27-15-10-12(23)6-7-14(15)22/h6-7,10-11,13,20,27H,5,8-9H2,1-4H3,(H,24,28,31)/t13-,20-,22+/m0/s1. The van der Waals surface area contributed by atoms with Gasteiger partial charge in [-0.2, -0.15) is 4.98 Å². The lowest BCUT2D eigenvalue weighted by atomic mass is 9.67. The second-order valence-electron chi connectivity index (χ2n) is 8.49. The fraction of sp³-hybridized carbons (Fsp3) is 0.455. The number of anilines is 2. The van der Waals surface area contributed by atoms with E-state index in [1.807, 2.05) is 13.2 Å². The maximum absolute atomic E-state index is 12.7. The smallest absolute Gasteiger partial charge is 0.302 e. The minimum Gasteiger partial charge on any atom is -0.369 e. The molecule has 0 spiro atoms. The third-order valence-electron chi connectivity index (χ3n) is 7.01. The van der Waals surface area contributed by atoms with Crippen LogP contribution in [0.1, 0.15) is 36.9 Å². The summed E-state index contributed by atoms with van der Waals surface area (Å²) in [6, 6.07) is 6.49. The summed E-state index contributed by atoms with van der Waals surface area (Å²) in [6.45, 7) is 3.19. The van der Waals surface area contributed by atoms with Crippen LogP contribution >= 0.6 is 15.9 Å². The number of nitrogens with one attached hydrogen (secondary N) is 2. The van der Waals surface area contributed by atoms with Gasteiger partial charge < -0.3 is 10.6 Å². The van der Waals surface area contributed by atoms with Crippen molar-refractivity contribution in [2.45, 2.75) is 37.3 Å². The van der Waals surface area contributed by atoms with E-state index in [9.17, 15) is 4.79 Å². The molecule has 3 aromatic rings. The van der Waals surface area contributed by atoms with Crippen LogP contribution in [0.25, 0.3) is 11.2 Å². The number of nitrogens with zero attached hydrogens (tertiary/aromatic N) is 5. The van der Waals surface area contributed by atoms with Gasteiger partial charge in [-0.3, -0.25) is 14.3 Å². The molecule has 1 aromatic carbocycles. The van der Waals surface area contributed by atoms with E-state index in [2.05, 4.69) is 73.6 Å². The zero-order valence-electron chi connectivity index (χ0n) is 18.1. The molecule has 2 aromatic heterocycles. The van der Waals surface area contributed by atoms with Gasteiger partial charge in [-0.15, -0.1) is 0 Å². The molecule has 0 unspecified atom stereocenters. The fourth-order valence-electron chi connectivity index (χ4n) is 5.62. The number of rotatable bonds is 4. The van der Waals surface area contributed by atoms with Crippen molar-refractivity contribution in [3.63, 3.8) is 0 Å². The minimum absolute atomic E-state index is 0.114. The number of hydrogen-bond donors (Lipinski definition) is 2. The molecule has 8 nitrogen and oxygen atoms in total. The van der Waals surface area contributed by atoms with Gasteiger partial charge >= 0.3 is 5.56 Å². The highest BCUT2D eigenvalue weighted by Gasteiger charge is 2.57. The van der Waals surface area contributed by atoms with Crippen LogP contribution in [0.4, 0.5) is 11.6 Å². The Morgan fingerprint density at radius 2 is 2.16 bits per heavy atom. The number of benzene rings is 1. The number of halogens is 1. The third-order valence-corrected chi connectivity index (χ3v) is 7.50. The molecule has 2 aliphatic rings. The van der Waals surface area contributed by atoms with E-state index < -0.39 is 0 Å². The molecule has 5 rings (SSSR count). The molecule has 1 saturated heterocycles. The van der Waals surface area contributed by atoms with E-state index in [0.29, 0.717) is 17.1 Å². The Hall–Kier alpha value is -2.52. The van der Waals surface area contributed by atoms with Crippen molar-refractivity contribution in [2.75, 3.05) is 31.3 Å². The lowest BCUT2D eigenvalue weighted by molar-refractivity contribution is 0.247. The second-order valence-corrected chi connectivity index (χ2v) is 9.40. The van der Waals surface area contributed by atoms with Gasteiger partial charge in [-0.1, -0.05) is 28.9 Å². The molecule has 2 N–H and O–H groups in total. The van der Waals surface area contributed by atoms with Gasteiger partial charge in [0.2, 0.25) is 5.95 Å². The topological polar surface area (TPSA) is 88.0 Å². The van der Waals surface area contributed by atoms with Crippen molar-refractivity contribution >= 4 is 38.7 Å². The van der Waals surface area contributed by atoms with Crippen LogP contribution in [-0.2, 0) is 12.5 Å². The molecular weight excluding hydrogens is 458 g/mol. The van der Waals surface area contributed by atoms with E-state index in [1.165, 1.54) is 5.56 Å². The highest BCUT2D eigenvalue weighted by Crippen LogP contribution is 2.56. The van der Waals surface area contributed by atoms with Gasteiger partial charge in [0.1, 0.15) is 0 Å². The van der Waals surface area contributed by atoms with E-state index in [4.69, 9.17) is 4.98 Å². The van der Waals surface area contributed by atoms with Crippen molar-refractivity contribution in [1.82, 2.24) is 24.4 Å². The van der Waals surface area contributed by atoms with Crippen LogP contribution in [0.15, 0.2) is 33.7 Å². The Morgan fingerprint density at radius 3 is 2.90 bits per heavy atom. The van der Waals surface area contributed by atoms with E-state index in [1.54, 1.807) is 11.6 Å². The number of hydrogen-bond acceptors (Lipinski definition) is 7. The number of likely N-dealkylation sites (N-methyl/N-ethyl adjacent to an activating group) is 1. The predicted octanol–water partition coefficient (Wildman–Crippen LogP) is 3.05. The molecule has 2 aliphatic heterocycles. The summed E-state index contributed by atoms with van der Waals surface area (Å²) in [4.78, 5) is 28.8. The largest absolute Gasteiger partial charge is 0.369 e. The van der Waals surface area contributed by atoms with E-state index in [0.717, 1.165) is 35.2 Å². The quantitative estimate of drug-likeness (QED) is 0.589. The van der Waals surface area contributed by atoms with Crippen LogP contribution < -0.4 is 16.2 Å². The summed E-state index contributed by atoms with van der Waals surface area (Å²) in [7, 11) is 5.74. The lowest BCUT2D eigenvalue weighted by Crippen LogP contribution is -2.45. The molecule has 31 heavy (non-hydrogen) atoms. The van der Waals surface area contributed by atoms with Crippen LogP contribution in [-0.4, -0.2) is 51.2 Å². The summed E-state index contributed by atoms with van der Waals surface area (Å²) in [5.41, 5.74) is 3.70. The molecule has 0 bridgehead atoms. The maximum atomic E-state index is 12.7. The predicted molar refractivity (Wildman–Crippen MR) is 126 cm³/mol. The van der Waals surface area contributed by atoms with Crippen molar-refractivity contribution in [1.29, 1.82) is 0 Å². The Balaban J connectivity index is 1.70. The molecule has 9 heteroatoms. The maximum Gasteiger partial charge on any atom is 0.302 e. The summed E-state index contributed by atoms with van der Waals surface area (Å²) in [5.74, 6) is 0.588. The molecule has 1 fully saturated rings. The van der Waals surface area contributed by atoms with Crippen molar-refractivity contribution in [3.8, 4) is 0 Å². The van der Waals surface area contributed by atoms with Gasteiger partial charge in [-0.05, 0) is 37.6 Å². The summed E-state index contributed by atoms with van der Waals surface area (Å²) >= 11 is 3.60. The molecule has 3 atom stereocenters. The molecule has 4 heterocycles. The average molecular weight is 484 g/mol. The van der Waals surface area contributed by atoms with Crippen LogP contribution in [0.2, 0.25) is 0 Å². The third kappa shape index (κ3) is 2.82. The van der Waals surface area contributed by atoms with Crippen LogP contribution in [0.3, 0.4) is 0 Å². The SMILES string of the molecule is CC[C@@H](c1cnc2c(n1)c(=O)nc(NC)n2C)[C@@]12CCN(C)[C@@H]1Nc1cc(Br)ccc12. The lowest BCUT2D eigenvalue weighted by Gasteiger charge is -2.38. The van der Waals surface area contributed by atoms with Crippen molar-refractivity contribution in [3.05, 3.63) is 50.5 Å². The highest BCUT2D eigenvalue weighted by atomic mass is 79.9. The van der Waals surface area contributed by atoms with Crippen LogP contribution in [0.5, 0.6) is 0 Å². The summed E-state index contributed by atoms with van der Waals surface area (Å²) in [6.07, 6.45) is 3.93. The zero-order valence-corrected chi connectivity index (χ0v) is 19.7. The minimum atomic E-state index is -0.354. The van der Waals surface area contributed by atoms with Gasteiger partial charge in [0, 0.05) is 42.1 Å². The summed E-state index contributed by atoms with van der Waals surface area (Å²) < 4.78 is 2.83. The first kappa shape index (κ1) is 20.4. The first-order valence-electron chi connectivity index (χ1n) is 10.6. The molecule has 162 valence electrons. The first-order chi connectivity index (χ1) is 14.9. The van der Waals surface area contributed by atoms with Crippen LogP contribution in [0, 0.1) is 0 Å². The average Bonchev–Trinajstić information content (AvgIpc) is 3.25. The molecule has 0 amide bonds. The monoisotopic (exact) mass is 483 g/mol. The zero-order chi connectivity index (χ0) is 21.9. The van der Waals surface area contributed by atoms with E-state index >= 15 is 0 Å². The summed E-state index contributed by atoms with van der Waals surface area (Å²) in [5, 5.41) is 6.68. The number of likely N-dealkylation sites (tertiary alicyclic amines) is 1. The van der Waals surface area contributed by atoms with E-state index in [-0.39, 0.29) is 23.1 Å². The number of fused-ring (bicyclic) bond motifs is 4. The Labute approximate surface area is 189 Å². The Kier molecular flexibility index (Phi) is 4.78. The van der Waals surface area contributed by atoms with Crippen molar-refractivity contribution < 1.29 is 0 Å². The van der Waals surface area contributed by atoms with Gasteiger partial charge in [0.15, 0.2) is 11.2 Å². The highest BCUT2D eigenvalue weighted by molar-refractivity contribution is 9.10. The number of aromatic nitrogens is 4. The molecular formula is C22H26BrN7O. The Bertz CT molecular complexity index is 1240. The van der Waals surface area contributed by atoms with Gasteiger partial charge in [-0.25, -0.2) is 9.97 Å². The normalized spacial score (nSPS) is 23.5. The number of aryl methyl sites for hydroxylation is 1. The molecule has 0 saturated carbocycles. The molecule has 0 radical (unpaired) electrons. The first-order valence-corrected chi connectivity index (χ1v) is 11.4. The molecule has 0 aliphatic carbocycles. The van der Waals surface area contributed by atoms with Crippen molar-refractivity contribution in [2.24, 2.45) is 7.05 Å². The fourth-order valence-corrected chi connectivity index (χ4v) is 5.98. The second kappa shape index (κ2) is 7.27. The van der Waals surface area contributed by atoms with Gasteiger partial charge in [0.05, 0.1) is 18.1 Å². The Morgan fingerprint density at radius 1 is 1.35 bits per heavy atom.